The van der Waals surface area contributed by atoms with Crippen LogP contribution < -0.4 is 10.1 Å². The topological polar surface area (TPSA) is 102 Å². The van der Waals surface area contributed by atoms with Crippen LogP contribution in [0.15, 0.2) is 33.7 Å². The number of carbonyl (C=O) groups is 1. The summed E-state index contributed by atoms with van der Waals surface area (Å²) in [6.07, 6.45) is 0.694. The number of halogens is 1. The van der Waals surface area contributed by atoms with Gasteiger partial charge < -0.3 is 14.6 Å². The predicted octanol–water partition coefficient (Wildman–Crippen LogP) is 2.17. The molecule has 1 N–H and O–H groups in total. The minimum Gasteiger partial charge on any atom is -0.495 e. The van der Waals surface area contributed by atoms with Crippen molar-refractivity contribution in [3.63, 3.8) is 0 Å². The van der Waals surface area contributed by atoms with E-state index in [1.165, 1.54) is 17.5 Å². The third-order valence-corrected chi connectivity index (χ3v) is 6.37. The summed E-state index contributed by atoms with van der Waals surface area (Å²) < 4.78 is 50.4. The number of nitrogens with one attached hydrogen (secondary N) is 1. The Kier molecular flexibility index (Phi) is 5.47. The average Bonchev–Trinajstić information content (AvgIpc) is 3.06. The molecule has 1 saturated heterocycles. The minimum absolute atomic E-state index is 0.0812. The molecule has 3 rings (SSSR count). The van der Waals surface area contributed by atoms with Crippen molar-refractivity contribution in [2.75, 3.05) is 25.5 Å². The van der Waals surface area contributed by atoms with Gasteiger partial charge in [-0.2, -0.15) is 4.31 Å². The van der Waals surface area contributed by atoms with Crippen molar-refractivity contribution in [3.05, 3.63) is 35.8 Å². The largest absolute Gasteiger partial charge is 0.495 e. The Morgan fingerprint density at radius 1 is 1.33 bits per heavy atom. The second-order valence-electron chi connectivity index (χ2n) is 6.29. The SMILES string of the molecule is COc1ccc(F)cc1S(=O)(=O)N1CCC(C(=O)Nc2cc(C)on2)CC1. The molecular formula is C17H20FN3O5S. The molecule has 1 aliphatic heterocycles. The van der Waals surface area contributed by atoms with Gasteiger partial charge in [0.2, 0.25) is 15.9 Å². The highest BCUT2D eigenvalue weighted by atomic mass is 32.2. The predicted molar refractivity (Wildman–Crippen MR) is 94.3 cm³/mol. The molecule has 0 spiro atoms. The van der Waals surface area contributed by atoms with E-state index in [9.17, 15) is 17.6 Å². The molecule has 1 aromatic carbocycles. The highest BCUT2D eigenvalue weighted by molar-refractivity contribution is 7.89. The Balaban J connectivity index is 1.68. The third-order valence-electron chi connectivity index (χ3n) is 4.45. The van der Waals surface area contributed by atoms with Crippen molar-refractivity contribution in [1.29, 1.82) is 0 Å². The lowest BCUT2D eigenvalue weighted by Gasteiger charge is -2.30. The molecule has 1 aliphatic rings. The lowest BCUT2D eigenvalue weighted by atomic mass is 9.97. The van der Waals surface area contributed by atoms with Crippen molar-refractivity contribution in [1.82, 2.24) is 9.46 Å². The van der Waals surface area contributed by atoms with Crippen LogP contribution in [0.25, 0.3) is 0 Å². The van der Waals surface area contributed by atoms with Crippen LogP contribution in [-0.4, -0.2) is 44.0 Å². The van der Waals surface area contributed by atoms with Crippen molar-refractivity contribution >= 4 is 21.7 Å². The Bertz CT molecular complexity index is 936. The van der Waals surface area contributed by atoms with Gasteiger partial charge in [0.05, 0.1) is 7.11 Å². The van der Waals surface area contributed by atoms with Crippen molar-refractivity contribution in [3.8, 4) is 5.75 Å². The first-order valence-electron chi connectivity index (χ1n) is 8.39. The van der Waals surface area contributed by atoms with Gasteiger partial charge in [-0.15, -0.1) is 0 Å². The van der Waals surface area contributed by atoms with Crippen LogP contribution >= 0.6 is 0 Å². The highest BCUT2D eigenvalue weighted by Gasteiger charge is 2.34. The molecule has 0 bridgehead atoms. The maximum atomic E-state index is 13.6. The number of ether oxygens (including phenoxy) is 1. The van der Waals surface area contributed by atoms with Gasteiger partial charge in [-0.25, -0.2) is 12.8 Å². The van der Waals surface area contributed by atoms with Crippen LogP contribution in [0.5, 0.6) is 5.75 Å². The summed E-state index contributed by atoms with van der Waals surface area (Å²) in [6, 6.07) is 4.97. The van der Waals surface area contributed by atoms with E-state index >= 15 is 0 Å². The quantitative estimate of drug-likeness (QED) is 0.830. The number of amides is 1. The molecule has 8 nitrogen and oxygen atoms in total. The van der Waals surface area contributed by atoms with E-state index in [0.717, 1.165) is 12.1 Å². The van der Waals surface area contributed by atoms with Gasteiger partial charge in [-0.1, -0.05) is 5.16 Å². The lowest BCUT2D eigenvalue weighted by molar-refractivity contribution is -0.120. The van der Waals surface area contributed by atoms with Crippen LogP contribution in [0.3, 0.4) is 0 Å². The monoisotopic (exact) mass is 397 g/mol. The van der Waals surface area contributed by atoms with Crippen LogP contribution in [0, 0.1) is 18.7 Å². The maximum absolute atomic E-state index is 13.6. The van der Waals surface area contributed by atoms with Crippen molar-refractivity contribution in [2.24, 2.45) is 5.92 Å². The smallest absolute Gasteiger partial charge is 0.246 e. The zero-order valence-corrected chi connectivity index (χ0v) is 15.8. The normalized spacial score (nSPS) is 16.3. The first-order chi connectivity index (χ1) is 12.8. The average molecular weight is 397 g/mol. The van der Waals surface area contributed by atoms with E-state index in [1.54, 1.807) is 13.0 Å². The second-order valence-corrected chi connectivity index (χ2v) is 8.19. The fourth-order valence-corrected chi connectivity index (χ4v) is 4.64. The van der Waals surface area contributed by atoms with Gasteiger partial charge in [-0.3, -0.25) is 4.79 Å². The minimum atomic E-state index is -3.92. The van der Waals surface area contributed by atoms with Gasteiger partial charge in [0.25, 0.3) is 0 Å². The van der Waals surface area contributed by atoms with Gasteiger partial charge in [0.1, 0.15) is 22.2 Å². The number of methoxy groups -OCH3 is 1. The number of piperidine rings is 1. The number of aryl methyl sites for hydroxylation is 1. The van der Waals surface area contributed by atoms with E-state index in [1.807, 2.05) is 0 Å². The number of rotatable bonds is 5. The summed E-state index contributed by atoms with van der Waals surface area (Å²) >= 11 is 0. The fraction of sp³-hybridized carbons (Fsp3) is 0.412. The molecule has 27 heavy (non-hydrogen) atoms. The van der Waals surface area contributed by atoms with E-state index in [4.69, 9.17) is 9.26 Å². The zero-order valence-electron chi connectivity index (χ0n) is 14.9. The number of sulfonamides is 1. The molecule has 2 heterocycles. The van der Waals surface area contributed by atoms with Gasteiger partial charge in [0.15, 0.2) is 5.82 Å². The molecule has 10 heteroatoms. The van der Waals surface area contributed by atoms with Crippen LogP contribution in [0.4, 0.5) is 10.2 Å². The molecule has 1 amide bonds. The Morgan fingerprint density at radius 3 is 2.63 bits per heavy atom. The number of nitrogens with zero attached hydrogens (tertiary/aromatic N) is 2. The molecule has 2 aromatic rings. The first-order valence-corrected chi connectivity index (χ1v) is 9.83. The summed E-state index contributed by atoms with van der Waals surface area (Å²) in [7, 11) is -2.59. The summed E-state index contributed by atoms with van der Waals surface area (Å²) in [5.41, 5.74) is 0. The molecule has 1 fully saturated rings. The first kappa shape index (κ1) is 19.3. The van der Waals surface area contributed by atoms with Crippen LogP contribution in [0.2, 0.25) is 0 Å². The summed E-state index contributed by atoms with van der Waals surface area (Å²) in [5.74, 6) is -0.247. The molecule has 0 saturated carbocycles. The van der Waals surface area contributed by atoms with E-state index < -0.39 is 15.8 Å². The molecule has 1 aromatic heterocycles. The third kappa shape index (κ3) is 4.11. The lowest BCUT2D eigenvalue weighted by Crippen LogP contribution is -2.41. The number of benzene rings is 1. The Labute approximate surface area is 156 Å². The zero-order chi connectivity index (χ0) is 19.6. The van der Waals surface area contributed by atoms with Gasteiger partial charge >= 0.3 is 0 Å². The summed E-state index contributed by atoms with van der Waals surface area (Å²) in [5, 5.41) is 6.37. The molecule has 0 aliphatic carbocycles. The Hall–Kier alpha value is -2.46. The number of carbonyl (C=O) groups excluding carboxylic acids is 1. The molecular weight excluding hydrogens is 377 g/mol. The van der Waals surface area contributed by atoms with E-state index in [-0.39, 0.29) is 35.6 Å². The highest BCUT2D eigenvalue weighted by Crippen LogP contribution is 2.30. The molecule has 0 radical (unpaired) electrons. The summed E-state index contributed by atoms with van der Waals surface area (Å²) in [6.45, 7) is 2.02. The Morgan fingerprint density at radius 2 is 2.04 bits per heavy atom. The number of aromatic nitrogens is 1. The van der Waals surface area contributed by atoms with Crippen LogP contribution in [0.1, 0.15) is 18.6 Å². The fourth-order valence-electron chi connectivity index (χ4n) is 3.00. The molecule has 0 atom stereocenters. The van der Waals surface area contributed by atoms with Crippen molar-refractivity contribution in [2.45, 2.75) is 24.7 Å². The number of anilines is 1. The van der Waals surface area contributed by atoms with Gasteiger partial charge in [-0.05, 0) is 38.0 Å². The van der Waals surface area contributed by atoms with Crippen LogP contribution in [-0.2, 0) is 14.8 Å². The van der Waals surface area contributed by atoms with E-state index in [0.29, 0.717) is 24.4 Å². The standard InChI is InChI=1S/C17H20FN3O5S/c1-11-9-16(20-26-11)19-17(22)12-5-7-21(8-6-12)27(23,24)15-10-13(18)3-4-14(15)25-2/h3-4,9-10,12H,5-8H2,1-2H3,(H,19,20,22). The second kappa shape index (κ2) is 7.65. The van der Waals surface area contributed by atoms with Gasteiger partial charge in [0, 0.05) is 25.1 Å². The number of hydrogen-bond acceptors (Lipinski definition) is 6. The molecule has 0 unspecified atom stereocenters. The maximum Gasteiger partial charge on any atom is 0.246 e. The van der Waals surface area contributed by atoms with Crippen molar-refractivity contribution < 1.29 is 26.9 Å². The number of hydrogen-bond donors (Lipinski definition) is 1. The summed E-state index contributed by atoms with van der Waals surface area (Å²) in [4.78, 5) is 12.1. The van der Waals surface area contributed by atoms with E-state index in [2.05, 4.69) is 10.5 Å². The molecule has 146 valence electrons.